The summed E-state index contributed by atoms with van der Waals surface area (Å²) in [6.07, 6.45) is -11.5. The number of aliphatic carboxylic acids is 1. The number of carboxylic acids is 1. The van der Waals surface area contributed by atoms with Crippen LogP contribution in [0.15, 0.2) is 11.6 Å². The Morgan fingerprint density at radius 1 is 0.710 bits per heavy atom. The van der Waals surface area contributed by atoms with Crippen LogP contribution in [0.25, 0.3) is 0 Å². The Morgan fingerprint density at radius 3 is 1.90 bits per heavy atom. The molecule has 0 aromatic carbocycles. The Labute approximate surface area is 363 Å². The molecule has 3 aliphatic heterocycles. The number of hydrogen-bond acceptors (Lipinski definition) is 16. The number of carbonyl (C=O) groups is 1. The molecule has 0 unspecified atom stereocenters. The van der Waals surface area contributed by atoms with Crippen LogP contribution in [0.4, 0.5) is 0 Å². The highest BCUT2D eigenvalue weighted by molar-refractivity contribution is 5.76. The van der Waals surface area contributed by atoms with Crippen molar-refractivity contribution in [2.45, 2.75) is 197 Å². The van der Waals surface area contributed by atoms with Crippen LogP contribution in [0, 0.1) is 44.8 Å². The summed E-state index contributed by atoms with van der Waals surface area (Å²) in [5, 5.41) is 107. The maximum atomic E-state index is 13.1. The largest absolute Gasteiger partial charge is 0.481 e. The molecule has 5 aliphatic carbocycles. The van der Waals surface area contributed by atoms with E-state index in [4.69, 9.17) is 28.4 Å². The molecule has 0 spiro atoms. The first-order chi connectivity index (χ1) is 29.0. The minimum absolute atomic E-state index is 0.144. The zero-order valence-corrected chi connectivity index (χ0v) is 36.9. The summed E-state index contributed by atoms with van der Waals surface area (Å²) in [5.74, 6) is -0.575. The predicted molar refractivity (Wildman–Crippen MR) is 215 cm³/mol. The first kappa shape index (κ1) is 47.1. The van der Waals surface area contributed by atoms with E-state index in [2.05, 4.69) is 40.7 Å². The van der Waals surface area contributed by atoms with Gasteiger partial charge < -0.3 is 79.5 Å². The van der Waals surface area contributed by atoms with Gasteiger partial charge in [0.1, 0.15) is 61.0 Å². The van der Waals surface area contributed by atoms with Crippen molar-refractivity contribution in [3.8, 4) is 0 Å². The number of fused-ring (bicyclic) bond motifs is 7. The van der Waals surface area contributed by atoms with E-state index in [1.807, 2.05) is 6.92 Å². The molecule has 0 aromatic rings. The summed E-state index contributed by atoms with van der Waals surface area (Å²) in [5.41, 5.74) is -1.64. The quantitative estimate of drug-likeness (QED) is 0.119. The van der Waals surface area contributed by atoms with Gasteiger partial charge in [-0.15, -0.1) is 0 Å². The van der Waals surface area contributed by atoms with Crippen molar-refractivity contribution in [2.75, 3.05) is 19.8 Å². The normalized spacial score (nSPS) is 55.1. The summed E-state index contributed by atoms with van der Waals surface area (Å²) >= 11 is 0. The minimum Gasteiger partial charge on any atom is -0.481 e. The van der Waals surface area contributed by atoms with Gasteiger partial charge in [-0.05, 0) is 111 Å². The Balaban J connectivity index is 1.08. The molecule has 3 saturated heterocycles. The van der Waals surface area contributed by atoms with Crippen molar-refractivity contribution in [1.29, 1.82) is 0 Å². The summed E-state index contributed by atoms with van der Waals surface area (Å²) in [7, 11) is 0. The second-order valence-corrected chi connectivity index (χ2v) is 21.9. The van der Waals surface area contributed by atoms with Crippen molar-refractivity contribution in [1.82, 2.24) is 0 Å². The fraction of sp³-hybridized carbons (Fsp3) is 0.933. The highest BCUT2D eigenvalue weighted by atomic mass is 16.8. The third-order valence-electron chi connectivity index (χ3n) is 18.3. The summed E-state index contributed by atoms with van der Waals surface area (Å²) in [6.45, 7) is 11.9. The lowest BCUT2D eigenvalue weighted by Gasteiger charge is -2.71. The van der Waals surface area contributed by atoms with Crippen molar-refractivity contribution in [3.63, 3.8) is 0 Å². The smallest absolute Gasteiger partial charge is 0.310 e. The maximum Gasteiger partial charge on any atom is 0.310 e. The van der Waals surface area contributed by atoms with Crippen LogP contribution >= 0.6 is 0 Å². The Morgan fingerprint density at radius 2 is 1.31 bits per heavy atom. The summed E-state index contributed by atoms with van der Waals surface area (Å²) in [6, 6.07) is 0. The van der Waals surface area contributed by atoms with Gasteiger partial charge in [0.25, 0.3) is 0 Å². The zero-order valence-electron chi connectivity index (χ0n) is 36.9. The van der Waals surface area contributed by atoms with E-state index in [0.29, 0.717) is 32.1 Å². The number of ether oxygens (including phenoxy) is 6. The Hall–Kier alpha value is -1.39. The van der Waals surface area contributed by atoms with E-state index >= 15 is 0 Å². The van der Waals surface area contributed by atoms with Crippen LogP contribution in [0.1, 0.15) is 106 Å². The lowest BCUT2D eigenvalue weighted by molar-refractivity contribution is -0.390. The van der Waals surface area contributed by atoms with Crippen LogP contribution in [0.5, 0.6) is 0 Å². The van der Waals surface area contributed by atoms with E-state index in [-0.39, 0.29) is 34.0 Å². The molecular weight excluding hydrogens is 812 g/mol. The molecule has 22 atom stereocenters. The van der Waals surface area contributed by atoms with Crippen molar-refractivity contribution >= 4 is 5.97 Å². The topological polar surface area (TPSA) is 275 Å². The van der Waals surface area contributed by atoms with Gasteiger partial charge in [0.2, 0.25) is 0 Å². The lowest BCUT2D eigenvalue weighted by atomic mass is 9.33. The van der Waals surface area contributed by atoms with E-state index in [0.717, 1.165) is 32.1 Å². The van der Waals surface area contributed by atoms with E-state index in [1.165, 1.54) is 5.57 Å². The SMILES string of the molecule is CC1(C)[C@H]2CC[C@]3(C)[C@H](CC=C4[C@H]5C[C@](C)(O)CC[C@]5(C(=O)O)CC[C@]43C)[C@]2(C)CC[C@H]1O[C@@H]1O[C@H](CO)[C@H](O)[C@H](O[C@@H]2OC[C@H](O)[C@H](O)[C@H]2O)[C@H]1O[C@@H]1OC[C@@H](O)[C@H](O)[C@H]1O. The number of allylic oxidation sites excluding steroid dienone is 2. The van der Waals surface area contributed by atoms with Gasteiger partial charge in [-0.1, -0.05) is 46.3 Å². The second kappa shape index (κ2) is 16.4. The second-order valence-electron chi connectivity index (χ2n) is 21.9. The summed E-state index contributed by atoms with van der Waals surface area (Å²) in [4.78, 5) is 13.1. The fourth-order valence-electron chi connectivity index (χ4n) is 14.4. The monoisotopic (exact) mass is 884 g/mol. The van der Waals surface area contributed by atoms with Crippen molar-refractivity contribution in [3.05, 3.63) is 11.6 Å². The highest BCUT2D eigenvalue weighted by Gasteiger charge is 2.70. The molecule has 10 N–H and O–H groups in total. The zero-order chi connectivity index (χ0) is 45.1. The van der Waals surface area contributed by atoms with E-state index < -0.39 is 128 Å². The number of carboxylic acid groups (broad SMARTS) is 1. The van der Waals surface area contributed by atoms with Gasteiger partial charge in [0, 0.05) is 0 Å². The molecule has 62 heavy (non-hydrogen) atoms. The predicted octanol–water partition coefficient (Wildman–Crippen LogP) is 0.709. The number of aliphatic hydroxyl groups is 9. The fourth-order valence-corrected chi connectivity index (χ4v) is 14.4. The van der Waals surface area contributed by atoms with Gasteiger partial charge in [0.05, 0.1) is 36.9 Å². The van der Waals surface area contributed by atoms with Gasteiger partial charge in [-0.25, -0.2) is 0 Å². The molecule has 0 radical (unpaired) electrons. The molecule has 8 aliphatic rings. The molecule has 354 valence electrons. The number of aliphatic hydroxyl groups excluding tert-OH is 8. The number of rotatable bonds is 8. The van der Waals surface area contributed by atoms with Crippen molar-refractivity contribution in [2.24, 2.45) is 44.8 Å². The first-order valence-electron chi connectivity index (χ1n) is 22.8. The Kier molecular flexibility index (Phi) is 12.5. The molecule has 0 amide bonds. The lowest BCUT2D eigenvalue weighted by Crippen LogP contribution is -2.67. The third-order valence-corrected chi connectivity index (χ3v) is 18.3. The molecule has 17 nitrogen and oxygen atoms in total. The number of hydrogen-bond donors (Lipinski definition) is 10. The van der Waals surface area contributed by atoms with Crippen LogP contribution in [-0.4, -0.2) is 168 Å². The van der Waals surface area contributed by atoms with Gasteiger partial charge in [-0.2, -0.15) is 0 Å². The van der Waals surface area contributed by atoms with E-state index in [9.17, 15) is 55.9 Å². The molecule has 8 rings (SSSR count). The Bertz CT molecular complexity index is 1690. The van der Waals surface area contributed by atoms with E-state index in [1.54, 1.807) is 0 Å². The van der Waals surface area contributed by atoms with Gasteiger partial charge >= 0.3 is 5.97 Å². The van der Waals surface area contributed by atoms with Crippen LogP contribution in [0.3, 0.4) is 0 Å². The molecule has 7 fully saturated rings. The minimum atomic E-state index is -1.75. The third kappa shape index (κ3) is 7.27. The standard InChI is InChI=1S/C45H72O17/c1-40(2)26-9-12-44(6)27(8-7-21-22-17-41(3,56)13-15-45(22,39(54)55)16-14-43(21,44)5)42(26,4)11-10-28(40)60-38-35(62-37-33(53)30(50)24(48)20-58-37)34(31(51)25(18-46)59-38)61-36-32(52)29(49)23(47)19-57-36/h7,22-38,46-53,56H,8-20H2,1-6H3,(H,54,55)/t22-,23+,24-,25-,26-,27-,28-,29+,30+,31+,32-,33-,34+,35-,36+,37+,38+,41-,42-,43-,44-,45+/m1/s1. The van der Waals surface area contributed by atoms with Crippen LogP contribution in [-0.2, 0) is 33.2 Å². The highest BCUT2D eigenvalue weighted by Crippen LogP contribution is 2.75. The maximum absolute atomic E-state index is 13.1. The molecule has 4 saturated carbocycles. The molecule has 17 heteroatoms. The van der Waals surface area contributed by atoms with Gasteiger partial charge in [-0.3, -0.25) is 4.79 Å². The van der Waals surface area contributed by atoms with Crippen molar-refractivity contribution < 1.29 is 84.3 Å². The molecule has 3 heterocycles. The van der Waals surface area contributed by atoms with Gasteiger partial charge in [0.15, 0.2) is 18.9 Å². The molecular formula is C45H72O17. The molecule has 0 aromatic heterocycles. The van der Waals surface area contributed by atoms with Crippen LogP contribution < -0.4 is 0 Å². The average molecular weight is 885 g/mol. The average Bonchev–Trinajstić information content (AvgIpc) is 3.20. The van der Waals surface area contributed by atoms with Crippen LogP contribution in [0.2, 0.25) is 0 Å². The molecule has 0 bridgehead atoms. The first-order valence-corrected chi connectivity index (χ1v) is 22.8. The summed E-state index contributed by atoms with van der Waals surface area (Å²) < 4.78 is 36.7.